The second-order valence-corrected chi connectivity index (χ2v) is 5.18. The summed E-state index contributed by atoms with van der Waals surface area (Å²) in [5, 5.41) is 6.55. The minimum Gasteiger partial charge on any atom is -0.383 e. The molecule has 1 aliphatic rings. The Morgan fingerprint density at radius 1 is 1.25 bits per heavy atom. The van der Waals surface area contributed by atoms with Crippen molar-refractivity contribution >= 4 is 25.3 Å². The highest BCUT2D eigenvalue weighted by Gasteiger charge is 2.21. The molecule has 0 saturated heterocycles. The Labute approximate surface area is 119 Å². The molecule has 1 aromatic carbocycles. The van der Waals surface area contributed by atoms with Crippen molar-refractivity contribution in [2.45, 2.75) is 12.5 Å². The van der Waals surface area contributed by atoms with E-state index in [1.807, 2.05) is 18.3 Å². The Morgan fingerprint density at radius 3 is 2.80 bits per heavy atom. The van der Waals surface area contributed by atoms with Crippen LogP contribution < -0.4 is 11.2 Å². The largest absolute Gasteiger partial charge is 0.383 e. The molecular formula is C15H17BN4. The monoisotopic (exact) mass is 264 g/mol. The summed E-state index contributed by atoms with van der Waals surface area (Å²) in [6.07, 6.45) is 3.68. The van der Waals surface area contributed by atoms with Crippen molar-refractivity contribution in [2.75, 3.05) is 12.3 Å². The molecule has 0 bridgehead atoms. The number of nitrogens with zero attached hydrogens (tertiary/aromatic N) is 3. The molecule has 0 saturated carbocycles. The SMILES string of the molecule is Bc1ccc(CN2CC(c3cccnc3N)C=N2)cc1. The lowest BCUT2D eigenvalue weighted by atomic mass is 9.95. The van der Waals surface area contributed by atoms with E-state index in [0.717, 1.165) is 18.7 Å². The van der Waals surface area contributed by atoms with Crippen LogP contribution in [-0.4, -0.2) is 30.6 Å². The molecule has 100 valence electrons. The lowest BCUT2D eigenvalue weighted by Crippen LogP contribution is -2.18. The molecule has 20 heavy (non-hydrogen) atoms. The predicted octanol–water partition coefficient (Wildman–Crippen LogP) is 0.507. The van der Waals surface area contributed by atoms with Gasteiger partial charge in [0.05, 0.1) is 6.54 Å². The highest BCUT2D eigenvalue weighted by molar-refractivity contribution is 6.32. The maximum absolute atomic E-state index is 5.92. The van der Waals surface area contributed by atoms with Gasteiger partial charge in [-0.2, -0.15) is 5.10 Å². The van der Waals surface area contributed by atoms with Crippen LogP contribution in [0, 0.1) is 0 Å². The van der Waals surface area contributed by atoms with E-state index in [4.69, 9.17) is 5.73 Å². The van der Waals surface area contributed by atoms with E-state index in [2.05, 4.69) is 47.2 Å². The van der Waals surface area contributed by atoms with Crippen molar-refractivity contribution in [3.8, 4) is 0 Å². The molecular weight excluding hydrogens is 247 g/mol. The molecule has 0 aliphatic carbocycles. The second-order valence-electron chi connectivity index (χ2n) is 5.18. The van der Waals surface area contributed by atoms with Crippen LogP contribution in [0.5, 0.6) is 0 Å². The number of nitrogens with two attached hydrogens (primary N) is 1. The van der Waals surface area contributed by atoms with Gasteiger partial charge in [0.15, 0.2) is 0 Å². The van der Waals surface area contributed by atoms with Crippen LogP contribution in [0.15, 0.2) is 47.7 Å². The maximum Gasteiger partial charge on any atom is 0.139 e. The summed E-state index contributed by atoms with van der Waals surface area (Å²) < 4.78 is 0. The molecule has 1 aromatic heterocycles. The first kappa shape index (κ1) is 12.7. The number of hydrogen-bond donors (Lipinski definition) is 1. The van der Waals surface area contributed by atoms with Crippen molar-refractivity contribution in [1.29, 1.82) is 0 Å². The Balaban J connectivity index is 1.67. The zero-order chi connectivity index (χ0) is 13.9. The van der Waals surface area contributed by atoms with Gasteiger partial charge in [-0.05, 0) is 11.6 Å². The Morgan fingerprint density at radius 2 is 2.05 bits per heavy atom. The minimum atomic E-state index is 0.231. The van der Waals surface area contributed by atoms with Crippen LogP contribution in [0.25, 0.3) is 0 Å². The molecule has 0 amide bonds. The number of rotatable bonds is 3. The number of hydrazone groups is 1. The van der Waals surface area contributed by atoms with Crippen LogP contribution in [0.2, 0.25) is 0 Å². The van der Waals surface area contributed by atoms with E-state index < -0.39 is 0 Å². The smallest absolute Gasteiger partial charge is 0.139 e. The fraction of sp³-hybridized carbons (Fsp3) is 0.200. The van der Waals surface area contributed by atoms with E-state index in [-0.39, 0.29) is 5.92 Å². The normalized spacial score (nSPS) is 17.6. The van der Waals surface area contributed by atoms with E-state index in [1.165, 1.54) is 11.0 Å². The van der Waals surface area contributed by atoms with Gasteiger partial charge >= 0.3 is 0 Å². The fourth-order valence-electron chi connectivity index (χ4n) is 2.43. The first-order valence-electron chi connectivity index (χ1n) is 6.77. The van der Waals surface area contributed by atoms with Gasteiger partial charge in [0.2, 0.25) is 0 Å². The molecule has 3 rings (SSSR count). The standard InChI is InChI=1S/C15H17BN4/c16-13-5-3-11(4-6-13)9-20-10-12(8-19-20)14-2-1-7-18-15(14)17/h1-8,12H,9-10,16H2,(H2,17,18). The van der Waals surface area contributed by atoms with Gasteiger partial charge in [-0.1, -0.05) is 35.8 Å². The molecule has 0 radical (unpaired) electrons. The van der Waals surface area contributed by atoms with Gasteiger partial charge in [-0.3, -0.25) is 5.01 Å². The van der Waals surface area contributed by atoms with Crippen LogP contribution in [0.4, 0.5) is 5.82 Å². The summed E-state index contributed by atoms with van der Waals surface area (Å²) in [5.41, 5.74) is 9.53. The van der Waals surface area contributed by atoms with Crippen LogP contribution >= 0.6 is 0 Å². The molecule has 1 atom stereocenters. The fourth-order valence-corrected chi connectivity index (χ4v) is 2.43. The summed E-state index contributed by atoms with van der Waals surface area (Å²) in [6, 6.07) is 12.5. The number of nitrogen functional groups attached to an aromatic ring is 1. The molecule has 2 N–H and O–H groups in total. The Kier molecular flexibility index (Phi) is 3.42. The van der Waals surface area contributed by atoms with Crippen molar-refractivity contribution in [2.24, 2.45) is 5.10 Å². The average molecular weight is 264 g/mol. The summed E-state index contributed by atoms with van der Waals surface area (Å²) in [5.74, 6) is 0.829. The lowest BCUT2D eigenvalue weighted by molar-refractivity contribution is 0.302. The highest BCUT2D eigenvalue weighted by atomic mass is 15.5. The van der Waals surface area contributed by atoms with E-state index >= 15 is 0 Å². The van der Waals surface area contributed by atoms with Crippen molar-refractivity contribution in [3.05, 3.63) is 53.7 Å². The zero-order valence-electron chi connectivity index (χ0n) is 11.5. The first-order chi connectivity index (χ1) is 9.72. The van der Waals surface area contributed by atoms with Crippen LogP contribution in [0.1, 0.15) is 17.0 Å². The molecule has 4 nitrogen and oxygen atoms in total. The van der Waals surface area contributed by atoms with Gasteiger partial charge in [-0.25, -0.2) is 4.98 Å². The molecule has 0 spiro atoms. The number of aromatic nitrogens is 1. The van der Waals surface area contributed by atoms with Crippen LogP contribution in [0.3, 0.4) is 0 Å². The predicted molar refractivity (Wildman–Crippen MR) is 84.9 cm³/mol. The molecule has 5 heteroatoms. The van der Waals surface area contributed by atoms with Gasteiger partial charge in [0.25, 0.3) is 0 Å². The summed E-state index contributed by atoms with van der Waals surface area (Å²) >= 11 is 0. The Bertz CT molecular complexity index is 624. The molecule has 1 aliphatic heterocycles. The van der Waals surface area contributed by atoms with E-state index in [0.29, 0.717) is 5.82 Å². The zero-order valence-corrected chi connectivity index (χ0v) is 11.5. The molecule has 2 aromatic rings. The first-order valence-corrected chi connectivity index (χ1v) is 6.77. The second kappa shape index (κ2) is 5.37. The molecule has 0 fully saturated rings. The number of hydrogen-bond acceptors (Lipinski definition) is 4. The van der Waals surface area contributed by atoms with E-state index in [1.54, 1.807) is 6.20 Å². The van der Waals surface area contributed by atoms with Gasteiger partial charge in [0, 0.05) is 30.4 Å². The maximum atomic E-state index is 5.92. The average Bonchev–Trinajstić information content (AvgIpc) is 2.90. The van der Waals surface area contributed by atoms with Crippen LogP contribution in [-0.2, 0) is 6.54 Å². The third-order valence-corrected chi connectivity index (χ3v) is 3.57. The third-order valence-electron chi connectivity index (χ3n) is 3.57. The topological polar surface area (TPSA) is 54.5 Å². The van der Waals surface area contributed by atoms with E-state index in [9.17, 15) is 0 Å². The van der Waals surface area contributed by atoms with Crippen molar-refractivity contribution < 1.29 is 0 Å². The molecule has 2 heterocycles. The van der Waals surface area contributed by atoms with Crippen molar-refractivity contribution in [3.63, 3.8) is 0 Å². The van der Waals surface area contributed by atoms with Crippen molar-refractivity contribution in [1.82, 2.24) is 9.99 Å². The quantitative estimate of drug-likeness (QED) is 0.822. The summed E-state index contributed by atoms with van der Waals surface area (Å²) in [4.78, 5) is 4.14. The van der Waals surface area contributed by atoms with Gasteiger partial charge in [-0.15, -0.1) is 0 Å². The molecule has 1 unspecified atom stereocenters. The Hall–Kier alpha value is -2.30. The van der Waals surface area contributed by atoms with Gasteiger partial charge < -0.3 is 5.73 Å². The third kappa shape index (κ3) is 2.66. The number of pyridine rings is 1. The van der Waals surface area contributed by atoms with Gasteiger partial charge in [0.1, 0.15) is 13.7 Å². The summed E-state index contributed by atoms with van der Waals surface area (Å²) in [6.45, 7) is 1.68. The lowest BCUT2D eigenvalue weighted by Gasteiger charge is -2.16. The number of anilines is 1. The minimum absolute atomic E-state index is 0.231. The number of benzene rings is 1. The highest BCUT2D eigenvalue weighted by Crippen LogP contribution is 2.24. The summed E-state index contributed by atoms with van der Waals surface area (Å²) in [7, 11) is 2.10.